The van der Waals surface area contributed by atoms with Crippen LogP contribution in [0.5, 0.6) is 5.75 Å². The smallest absolute Gasteiger partial charge is 0.224 e. The third-order valence-corrected chi connectivity index (χ3v) is 2.88. The van der Waals surface area contributed by atoms with E-state index in [9.17, 15) is 4.79 Å². The van der Waals surface area contributed by atoms with E-state index in [0.29, 0.717) is 6.42 Å². The molecule has 0 atom stereocenters. The predicted octanol–water partition coefficient (Wildman–Crippen LogP) is 3.74. The fourth-order valence-corrected chi connectivity index (χ4v) is 1.92. The molecule has 0 saturated heterocycles. The molecule has 1 rings (SSSR count). The van der Waals surface area contributed by atoms with E-state index in [-0.39, 0.29) is 24.4 Å². The molecule has 3 N–H and O–H groups in total. The number of nitrogens with two attached hydrogens (primary N) is 1. The van der Waals surface area contributed by atoms with Crippen molar-refractivity contribution in [2.24, 2.45) is 5.73 Å². The van der Waals surface area contributed by atoms with Gasteiger partial charge < -0.3 is 15.8 Å². The fraction of sp³-hybridized carbons (Fsp3) is 0.562. The zero-order chi connectivity index (χ0) is 14.8. The second kappa shape index (κ2) is 11.4. The van der Waals surface area contributed by atoms with Gasteiger partial charge in [0.2, 0.25) is 5.91 Å². The quantitative estimate of drug-likeness (QED) is 0.682. The molecule has 0 saturated carbocycles. The summed E-state index contributed by atoms with van der Waals surface area (Å²) in [7, 11) is 0. The molecule has 1 aromatic rings. The van der Waals surface area contributed by atoms with Crippen molar-refractivity contribution in [3.8, 4) is 5.75 Å². The molecule has 0 aromatic heterocycles. The molecule has 120 valence electrons. The minimum absolute atomic E-state index is 0. The topological polar surface area (TPSA) is 64.3 Å². The van der Waals surface area contributed by atoms with Crippen molar-refractivity contribution in [2.45, 2.75) is 52.1 Å². The summed E-state index contributed by atoms with van der Waals surface area (Å²) in [5, 5.41) is 2.92. The van der Waals surface area contributed by atoms with Crippen LogP contribution >= 0.6 is 12.4 Å². The molecule has 0 aliphatic carbocycles. The maximum atomic E-state index is 11.9. The van der Waals surface area contributed by atoms with Crippen molar-refractivity contribution in [3.63, 3.8) is 0 Å². The normalized spacial score (nSPS) is 10.1. The van der Waals surface area contributed by atoms with Gasteiger partial charge in [-0.1, -0.05) is 25.0 Å². The second-order valence-corrected chi connectivity index (χ2v) is 5.16. The maximum Gasteiger partial charge on any atom is 0.224 e. The summed E-state index contributed by atoms with van der Waals surface area (Å²) in [4.78, 5) is 11.9. The number of rotatable bonds is 9. The number of carbonyl (C=O) groups is 1. The number of halogens is 1. The van der Waals surface area contributed by atoms with E-state index in [1.165, 1.54) is 0 Å². The Morgan fingerprint density at radius 1 is 1.19 bits per heavy atom. The van der Waals surface area contributed by atoms with Gasteiger partial charge in [-0.2, -0.15) is 0 Å². The highest BCUT2D eigenvalue weighted by Crippen LogP contribution is 2.25. The number of anilines is 1. The highest BCUT2D eigenvalue weighted by molar-refractivity contribution is 5.92. The first-order valence-corrected chi connectivity index (χ1v) is 7.39. The SMILES string of the molecule is CC(C)Oc1ccccc1NC(=O)CCCCCCN.Cl. The van der Waals surface area contributed by atoms with Crippen molar-refractivity contribution < 1.29 is 9.53 Å². The Labute approximate surface area is 133 Å². The van der Waals surface area contributed by atoms with E-state index >= 15 is 0 Å². The Bertz CT molecular complexity index is 411. The molecule has 1 aromatic carbocycles. The van der Waals surface area contributed by atoms with Gasteiger partial charge in [0.1, 0.15) is 5.75 Å². The average molecular weight is 315 g/mol. The Hall–Kier alpha value is -1.26. The van der Waals surface area contributed by atoms with Gasteiger partial charge in [0, 0.05) is 6.42 Å². The average Bonchev–Trinajstić information content (AvgIpc) is 2.40. The summed E-state index contributed by atoms with van der Waals surface area (Å²) >= 11 is 0. The van der Waals surface area contributed by atoms with Crippen LogP contribution in [0.4, 0.5) is 5.69 Å². The number of para-hydroxylation sites is 2. The third kappa shape index (κ3) is 8.58. The zero-order valence-corrected chi connectivity index (χ0v) is 13.7. The molecule has 5 heteroatoms. The lowest BCUT2D eigenvalue weighted by molar-refractivity contribution is -0.116. The van der Waals surface area contributed by atoms with Crippen LogP contribution in [-0.4, -0.2) is 18.6 Å². The number of nitrogens with one attached hydrogen (secondary N) is 1. The summed E-state index contributed by atoms with van der Waals surface area (Å²) in [6, 6.07) is 7.53. The number of carbonyl (C=O) groups excluding carboxylic acids is 1. The van der Waals surface area contributed by atoms with Crippen LogP contribution in [0.3, 0.4) is 0 Å². The molecule has 0 radical (unpaired) electrons. The second-order valence-electron chi connectivity index (χ2n) is 5.16. The van der Waals surface area contributed by atoms with Crippen molar-refractivity contribution >= 4 is 24.0 Å². The lowest BCUT2D eigenvalue weighted by atomic mass is 10.1. The van der Waals surface area contributed by atoms with E-state index in [2.05, 4.69) is 5.32 Å². The highest BCUT2D eigenvalue weighted by atomic mass is 35.5. The van der Waals surface area contributed by atoms with Crippen molar-refractivity contribution in [3.05, 3.63) is 24.3 Å². The van der Waals surface area contributed by atoms with Gasteiger partial charge in [-0.25, -0.2) is 0 Å². The largest absolute Gasteiger partial charge is 0.489 e. The molecular weight excluding hydrogens is 288 g/mol. The first-order chi connectivity index (χ1) is 9.63. The Morgan fingerprint density at radius 3 is 2.52 bits per heavy atom. The Kier molecular flexibility index (Phi) is 10.7. The molecule has 0 fully saturated rings. The summed E-state index contributed by atoms with van der Waals surface area (Å²) in [6.45, 7) is 4.66. The van der Waals surface area contributed by atoms with E-state index in [1.807, 2.05) is 38.1 Å². The third-order valence-electron chi connectivity index (χ3n) is 2.88. The van der Waals surface area contributed by atoms with Gasteiger partial charge in [-0.15, -0.1) is 12.4 Å². The molecule has 4 nitrogen and oxygen atoms in total. The van der Waals surface area contributed by atoms with Crippen LogP contribution in [0.1, 0.15) is 46.0 Å². The van der Waals surface area contributed by atoms with Crippen LogP contribution in [0.25, 0.3) is 0 Å². The van der Waals surface area contributed by atoms with Gasteiger partial charge in [0.15, 0.2) is 0 Å². The van der Waals surface area contributed by atoms with Gasteiger partial charge in [0.05, 0.1) is 11.8 Å². The highest BCUT2D eigenvalue weighted by Gasteiger charge is 2.08. The lowest BCUT2D eigenvalue weighted by Gasteiger charge is -2.14. The minimum Gasteiger partial charge on any atom is -0.489 e. The van der Waals surface area contributed by atoms with E-state index in [4.69, 9.17) is 10.5 Å². The number of hydrogen-bond acceptors (Lipinski definition) is 3. The number of benzene rings is 1. The maximum absolute atomic E-state index is 11.9. The van der Waals surface area contributed by atoms with Crippen LogP contribution in [0.15, 0.2) is 24.3 Å². The molecule has 0 unspecified atom stereocenters. The number of unbranched alkanes of at least 4 members (excludes halogenated alkanes) is 3. The summed E-state index contributed by atoms with van der Waals surface area (Å²) in [5.74, 6) is 0.761. The van der Waals surface area contributed by atoms with Gasteiger partial charge in [-0.05, 0) is 45.4 Å². The van der Waals surface area contributed by atoms with E-state index in [0.717, 1.165) is 43.7 Å². The first-order valence-electron chi connectivity index (χ1n) is 7.39. The summed E-state index contributed by atoms with van der Waals surface area (Å²) in [5.41, 5.74) is 6.18. The summed E-state index contributed by atoms with van der Waals surface area (Å²) in [6.07, 6.45) is 4.71. The number of hydrogen-bond donors (Lipinski definition) is 2. The van der Waals surface area contributed by atoms with Gasteiger partial charge >= 0.3 is 0 Å². The lowest BCUT2D eigenvalue weighted by Crippen LogP contribution is -2.14. The molecule has 1 amide bonds. The predicted molar refractivity (Wildman–Crippen MR) is 90.2 cm³/mol. The van der Waals surface area contributed by atoms with Gasteiger partial charge in [0.25, 0.3) is 0 Å². The first kappa shape index (κ1) is 19.7. The van der Waals surface area contributed by atoms with Crippen LogP contribution < -0.4 is 15.8 Å². The molecule has 21 heavy (non-hydrogen) atoms. The molecule has 0 bridgehead atoms. The number of ether oxygens (including phenoxy) is 1. The molecule has 0 spiro atoms. The van der Waals surface area contributed by atoms with Crippen LogP contribution in [-0.2, 0) is 4.79 Å². The zero-order valence-electron chi connectivity index (χ0n) is 12.9. The van der Waals surface area contributed by atoms with Crippen LogP contribution in [0, 0.1) is 0 Å². The summed E-state index contributed by atoms with van der Waals surface area (Å²) < 4.78 is 5.68. The van der Waals surface area contributed by atoms with Crippen LogP contribution in [0.2, 0.25) is 0 Å². The molecule has 0 aliphatic heterocycles. The molecule has 0 heterocycles. The van der Waals surface area contributed by atoms with Crippen molar-refractivity contribution in [2.75, 3.05) is 11.9 Å². The Balaban J connectivity index is 0.00000400. The van der Waals surface area contributed by atoms with Gasteiger partial charge in [-0.3, -0.25) is 4.79 Å². The van der Waals surface area contributed by atoms with Crippen molar-refractivity contribution in [1.29, 1.82) is 0 Å². The fourth-order valence-electron chi connectivity index (χ4n) is 1.92. The van der Waals surface area contributed by atoms with Crippen molar-refractivity contribution in [1.82, 2.24) is 0 Å². The monoisotopic (exact) mass is 314 g/mol. The Morgan fingerprint density at radius 2 is 1.86 bits per heavy atom. The minimum atomic E-state index is 0. The standard InChI is InChI=1S/C16H26N2O2.ClH/c1-13(2)20-15-10-7-6-9-14(15)18-16(19)11-5-3-4-8-12-17;/h6-7,9-10,13H,3-5,8,11-12,17H2,1-2H3,(H,18,19);1H. The van der Waals surface area contributed by atoms with E-state index in [1.54, 1.807) is 0 Å². The number of amides is 1. The molecular formula is C16H27ClN2O2. The van der Waals surface area contributed by atoms with E-state index < -0.39 is 0 Å². The molecule has 0 aliphatic rings.